The van der Waals surface area contributed by atoms with Gasteiger partial charge in [-0.1, -0.05) is 11.6 Å². The summed E-state index contributed by atoms with van der Waals surface area (Å²) in [5, 5.41) is 6.77. The molecule has 1 N–H and O–H groups in total. The first-order valence-electron chi connectivity index (χ1n) is 3.69. The lowest BCUT2D eigenvalue weighted by molar-refractivity contribution is -0.137. The lowest BCUT2D eigenvalue weighted by Crippen LogP contribution is -2.03. The lowest BCUT2D eigenvalue weighted by Gasteiger charge is -2.05. The van der Waals surface area contributed by atoms with Gasteiger partial charge < -0.3 is 0 Å². The van der Waals surface area contributed by atoms with Gasteiger partial charge in [-0.15, -0.1) is 0 Å². The molecule has 2 aromatic rings. The molecule has 0 atom stereocenters. The Labute approximate surface area is 81.7 Å². The molecule has 1 aromatic heterocycles. The number of H-pyrrole nitrogens is 1. The van der Waals surface area contributed by atoms with Crippen molar-refractivity contribution in [3.8, 4) is 0 Å². The summed E-state index contributed by atoms with van der Waals surface area (Å²) in [7, 11) is 0. The first kappa shape index (κ1) is 9.33. The van der Waals surface area contributed by atoms with Gasteiger partial charge in [0.15, 0.2) is 0 Å². The minimum Gasteiger partial charge on any atom is -0.266 e. The van der Waals surface area contributed by atoms with Gasteiger partial charge in [0.1, 0.15) is 5.15 Å². The van der Waals surface area contributed by atoms with Crippen LogP contribution in [0.1, 0.15) is 5.56 Å². The molecular weight excluding hydrogens is 217 g/mol. The Kier molecular flexibility index (Phi) is 1.92. The van der Waals surface area contributed by atoms with Crippen LogP contribution < -0.4 is 0 Å². The van der Waals surface area contributed by atoms with E-state index in [-0.39, 0.29) is 10.7 Å². The largest absolute Gasteiger partial charge is 0.416 e. The average molecular weight is 221 g/mol. The molecule has 0 aliphatic carbocycles. The quantitative estimate of drug-likeness (QED) is 0.726. The fourth-order valence-corrected chi connectivity index (χ4v) is 1.36. The molecular formula is C8H4ClF3N2. The molecule has 14 heavy (non-hydrogen) atoms. The maximum Gasteiger partial charge on any atom is 0.416 e. The van der Waals surface area contributed by atoms with E-state index in [0.29, 0.717) is 5.39 Å². The van der Waals surface area contributed by atoms with E-state index in [9.17, 15) is 13.2 Å². The number of rotatable bonds is 0. The first-order valence-corrected chi connectivity index (χ1v) is 4.07. The number of nitrogens with one attached hydrogen (secondary N) is 1. The number of alkyl halides is 3. The van der Waals surface area contributed by atoms with E-state index in [1.807, 2.05) is 0 Å². The number of aromatic nitrogens is 2. The zero-order valence-corrected chi connectivity index (χ0v) is 7.45. The van der Waals surface area contributed by atoms with Crippen LogP contribution in [0.15, 0.2) is 18.2 Å². The maximum absolute atomic E-state index is 12.3. The number of benzene rings is 1. The van der Waals surface area contributed by atoms with Crippen LogP contribution >= 0.6 is 11.6 Å². The summed E-state index contributed by atoms with van der Waals surface area (Å²) in [4.78, 5) is 0. The number of hydrogen-bond donors (Lipinski definition) is 1. The van der Waals surface area contributed by atoms with Crippen molar-refractivity contribution in [1.29, 1.82) is 0 Å². The molecule has 0 saturated heterocycles. The van der Waals surface area contributed by atoms with Crippen LogP contribution in [0.5, 0.6) is 0 Å². The molecule has 6 heteroatoms. The molecule has 1 heterocycles. The van der Waals surface area contributed by atoms with Crippen LogP contribution in [0.3, 0.4) is 0 Å². The van der Waals surface area contributed by atoms with Gasteiger partial charge in [0.25, 0.3) is 0 Å². The van der Waals surface area contributed by atoms with Gasteiger partial charge in [0, 0.05) is 5.39 Å². The molecule has 0 spiro atoms. The second-order valence-corrected chi connectivity index (χ2v) is 3.15. The Hall–Kier alpha value is -1.23. The highest BCUT2D eigenvalue weighted by Gasteiger charge is 2.30. The van der Waals surface area contributed by atoms with E-state index >= 15 is 0 Å². The second kappa shape index (κ2) is 2.88. The molecule has 0 aliphatic heterocycles. The van der Waals surface area contributed by atoms with Crippen molar-refractivity contribution in [1.82, 2.24) is 10.2 Å². The SMILES string of the molecule is FC(F)(F)c1ccc2c(Cl)[nH]nc2c1. The number of fused-ring (bicyclic) bond motifs is 1. The van der Waals surface area contributed by atoms with Crippen LogP contribution in [-0.4, -0.2) is 10.2 Å². The number of hydrogen-bond acceptors (Lipinski definition) is 1. The summed E-state index contributed by atoms with van der Waals surface area (Å²) < 4.78 is 36.8. The highest BCUT2D eigenvalue weighted by molar-refractivity contribution is 6.34. The summed E-state index contributed by atoms with van der Waals surface area (Å²) in [6.07, 6.45) is -4.35. The van der Waals surface area contributed by atoms with Crippen molar-refractivity contribution >= 4 is 22.5 Å². The highest BCUT2D eigenvalue weighted by atomic mass is 35.5. The van der Waals surface area contributed by atoms with Crippen LogP contribution in [0, 0.1) is 0 Å². The van der Waals surface area contributed by atoms with E-state index in [1.165, 1.54) is 6.07 Å². The Balaban J connectivity index is 2.63. The van der Waals surface area contributed by atoms with E-state index in [1.54, 1.807) is 0 Å². The molecule has 74 valence electrons. The minimum atomic E-state index is -4.35. The third kappa shape index (κ3) is 1.43. The molecule has 0 aliphatic rings. The molecule has 2 nitrogen and oxygen atoms in total. The summed E-state index contributed by atoms with van der Waals surface area (Å²) in [6, 6.07) is 3.23. The monoisotopic (exact) mass is 220 g/mol. The Morgan fingerprint density at radius 3 is 2.64 bits per heavy atom. The Morgan fingerprint density at radius 2 is 2.00 bits per heavy atom. The predicted molar refractivity (Wildman–Crippen MR) is 46.1 cm³/mol. The fourth-order valence-electron chi connectivity index (χ4n) is 1.16. The smallest absolute Gasteiger partial charge is 0.266 e. The summed E-state index contributed by atoms with van der Waals surface area (Å²) >= 11 is 5.64. The Bertz CT molecular complexity index is 475. The fraction of sp³-hybridized carbons (Fsp3) is 0.125. The topological polar surface area (TPSA) is 28.7 Å². The van der Waals surface area contributed by atoms with Gasteiger partial charge in [-0.05, 0) is 18.2 Å². The van der Waals surface area contributed by atoms with Gasteiger partial charge in [0.2, 0.25) is 0 Å². The number of aromatic amines is 1. The predicted octanol–water partition coefficient (Wildman–Crippen LogP) is 3.24. The molecule has 0 saturated carbocycles. The average Bonchev–Trinajstić information content (AvgIpc) is 2.46. The molecule has 0 bridgehead atoms. The minimum absolute atomic E-state index is 0.213. The highest BCUT2D eigenvalue weighted by Crippen LogP contribution is 2.32. The first-order chi connectivity index (χ1) is 6.48. The van der Waals surface area contributed by atoms with E-state index < -0.39 is 11.7 Å². The number of nitrogens with zero attached hydrogens (tertiary/aromatic N) is 1. The van der Waals surface area contributed by atoms with E-state index in [0.717, 1.165) is 12.1 Å². The van der Waals surface area contributed by atoms with Gasteiger partial charge in [-0.2, -0.15) is 18.3 Å². The van der Waals surface area contributed by atoms with E-state index in [4.69, 9.17) is 11.6 Å². The van der Waals surface area contributed by atoms with Crippen LogP contribution in [0.25, 0.3) is 10.9 Å². The maximum atomic E-state index is 12.3. The molecule has 0 radical (unpaired) electrons. The second-order valence-electron chi connectivity index (χ2n) is 2.77. The van der Waals surface area contributed by atoms with Crippen LogP contribution in [0.2, 0.25) is 5.15 Å². The van der Waals surface area contributed by atoms with Crippen molar-refractivity contribution in [3.05, 3.63) is 28.9 Å². The molecule has 0 fully saturated rings. The third-order valence-electron chi connectivity index (χ3n) is 1.84. The van der Waals surface area contributed by atoms with Crippen molar-refractivity contribution < 1.29 is 13.2 Å². The summed E-state index contributed by atoms with van der Waals surface area (Å²) in [6.45, 7) is 0. The molecule has 0 amide bonds. The van der Waals surface area contributed by atoms with Gasteiger partial charge in [-0.25, -0.2) is 0 Å². The van der Waals surface area contributed by atoms with Gasteiger partial charge in [0.05, 0.1) is 11.1 Å². The van der Waals surface area contributed by atoms with Crippen molar-refractivity contribution in [2.75, 3.05) is 0 Å². The zero-order chi connectivity index (χ0) is 10.3. The van der Waals surface area contributed by atoms with Crippen molar-refractivity contribution in [2.24, 2.45) is 0 Å². The van der Waals surface area contributed by atoms with E-state index in [2.05, 4.69) is 10.2 Å². The Morgan fingerprint density at radius 1 is 1.29 bits per heavy atom. The zero-order valence-electron chi connectivity index (χ0n) is 6.69. The molecule has 2 rings (SSSR count). The summed E-state index contributed by atoms with van der Waals surface area (Å²) in [5.74, 6) is 0. The lowest BCUT2D eigenvalue weighted by atomic mass is 10.1. The van der Waals surface area contributed by atoms with Gasteiger partial charge in [-0.3, -0.25) is 5.10 Å². The van der Waals surface area contributed by atoms with Crippen molar-refractivity contribution in [2.45, 2.75) is 6.18 Å². The molecule has 0 unspecified atom stereocenters. The normalized spacial score (nSPS) is 12.3. The van der Waals surface area contributed by atoms with Gasteiger partial charge >= 0.3 is 6.18 Å². The summed E-state index contributed by atoms with van der Waals surface area (Å²) in [5.41, 5.74) is -0.516. The molecule has 1 aromatic carbocycles. The standard InChI is InChI=1S/C8H4ClF3N2/c9-7-5-2-1-4(8(10,11)12)3-6(5)13-14-7/h1-3H,(H,13,14). The van der Waals surface area contributed by atoms with Crippen LogP contribution in [0.4, 0.5) is 13.2 Å². The van der Waals surface area contributed by atoms with Crippen molar-refractivity contribution in [3.63, 3.8) is 0 Å². The van der Waals surface area contributed by atoms with Crippen LogP contribution in [-0.2, 0) is 6.18 Å². The number of halogens is 4. The third-order valence-corrected chi connectivity index (χ3v) is 2.12.